The molecule has 0 unspecified atom stereocenters. The Morgan fingerprint density at radius 3 is 2.15 bits per heavy atom. The third kappa shape index (κ3) is 5.56. The monoisotopic (exact) mass is 480 g/mol. The van der Waals surface area contributed by atoms with Gasteiger partial charge in [-0.1, -0.05) is 24.3 Å². The molecule has 0 radical (unpaired) electrons. The van der Waals surface area contributed by atoms with Crippen molar-refractivity contribution in [3.05, 3.63) is 81.7 Å². The van der Waals surface area contributed by atoms with Gasteiger partial charge in [0.25, 0.3) is 5.91 Å². The molecule has 0 aliphatic rings. The molecule has 1 N–H and O–H groups in total. The number of aromatic nitrogens is 1. The van der Waals surface area contributed by atoms with Crippen LogP contribution in [-0.2, 0) is 14.8 Å². The van der Waals surface area contributed by atoms with E-state index < -0.39 is 15.9 Å². The molecule has 0 atom stereocenters. The van der Waals surface area contributed by atoms with Crippen molar-refractivity contribution in [2.75, 3.05) is 17.1 Å². The maximum atomic E-state index is 12.6. The fraction of sp³-hybridized carbons (Fsp3) is 0.308. The Hall–Kier alpha value is -3.39. The highest BCUT2D eigenvalue weighted by atomic mass is 32.2. The lowest BCUT2D eigenvalue weighted by atomic mass is 10.1. The van der Waals surface area contributed by atoms with Crippen LogP contribution in [0.3, 0.4) is 0 Å². The summed E-state index contributed by atoms with van der Waals surface area (Å²) in [7, 11) is -3.66. The van der Waals surface area contributed by atoms with E-state index in [0.717, 1.165) is 44.3 Å². The van der Waals surface area contributed by atoms with E-state index in [2.05, 4.69) is 47.1 Å². The topological polar surface area (TPSA) is 83.8 Å². The second-order valence-electron chi connectivity index (χ2n) is 8.81. The molecule has 3 aromatic rings. The Balaban J connectivity index is 1.79. The largest absolute Gasteiger partial charge is 0.318 e. The number of para-hydroxylation sites is 1. The summed E-state index contributed by atoms with van der Waals surface area (Å²) in [5.41, 5.74) is 10.9. The average molecular weight is 481 g/mol. The van der Waals surface area contributed by atoms with Gasteiger partial charge in [-0.15, -0.1) is 0 Å². The van der Waals surface area contributed by atoms with Gasteiger partial charge in [-0.05, 0) is 82.0 Å². The number of anilines is 1. The van der Waals surface area contributed by atoms with Gasteiger partial charge >= 0.3 is 0 Å². The number of nitrogens with one attached hydrogen (secondary N) is 1. The Morgan fingerprint density at radius 2 is 1.59 bits per heavy atom. The first-order valence-electron chi connectivity index (χ1n) is 11.0. The Labute approximate surface area is 202 Å². The minimum Gasteiger partial charge on any atom is -0.318 e. The zero-order valence-electron chi connectivity index (χ0n) is 20.8. The van der Waals surface area contributed by atoms with Crippen LogP contribution in [0.1, 0.15) is 39.2 Å². The Morgan fingerprint density at radius 1 is 1.00 bits per heavy atom. The van der Waals surface area contributed by atoms with Crippen LogP contribution in [0.5, 0.6) is 0 Å². The van der Waals surface area contributed by atoms with E-state index in [4.69, 9.17) is 0 Å². The van der Waals surface area contributed by atoms with Gasteiger partial charge in [0, 0.05) is 22.6 Å². The van der Waals surface area contributed by atoms with Gasteiger partial charge in [-0.3, -0.25) is 9.10 Å². The fourth-order valence-corrected chi connectivity index (χ4v) is 5.27. The van der Waals surface area contributed by atoms with Crippen molar-refractivity contribution >= 4 is 27.8 Å². The van der Waals surface area contributed by atoms with E-state index in [9.17, 15) is 13.2 Å². The first kappa shape index (κ1) is 25.2. The number of sulfonamides is 1. The van der Waals surface area contributed by atoms with E-state index in [1.165, 1.54) is 11.1 Å². The maximum Gasteiger partial charge on any atom is 0.260 e. The SMILES string of the molecule is Cc1cc(C)cc(-n2c(C)cc(/C=N\NC(=O)CN(c3c(C)cccc3C)S(C)(=O)=O)c2C)c1. The van der Waals surface area contributed by atoms with Gasteiger partial charge in [0.2, 0.25) is 10.0 Å². The number of rotatable bonds is 7. The van der Waals surface area contributed by atoms with Crippen LogP contribution in [-0.4, -0.2) is 37.9 Å². The molecular formula is C26H32N4O3S. The first-order valence-corrected chi connectivity index (χ1v) is 12.9. The summed E-state index contributed by atoms with van der Waals surface area (Å²) < 4.78 is 28.1. The number of amides is 1. The third-order valence-electron chi connectivity index (χ3n) is 5.70. The number of carbonyl (C=O) groups excluding carboxylic acids is 1. The third-order valence-corrected chi connectivity index (χ3v) is 6.82. The van der Waals surface area contributed by atoms with Crippen LogP contribution in [0.25, 0.3) is 5.69 Å². The minimum atomic E-state index is -3.66. The molecule has 0 saturated carbocycles. The molecule has 1 aromatic heterocycles. The summed E-state index contributed by atoms with van der Waals surface area (Å²) >= 11 is 0. The molecule has 3 rings (SSSR count). The predicted molar refractivity (Wildman–Crippen MR) is 139 cm³/mol. The highest BCUT2D eigenvalue weighted by molar-refractivity contribution is 7.92. The predicted octanol–water partition coefficient (Wildman–Crippen LogP) is 4.24. The summed E-state index contributed by atoms with van der Waals surface area (Å²) in [4.78, 5) is 12.6. The van der Waals surface area contributed by atoms with Crippen LogP contribution >= 0.6 is 0 Å². The van der Waals surface area contributed by atoms with Gasteiger partial charge in [0.05, 0.1) is 18.2 Å². The molecular weight excluding hydrogens is 448 g/mol. The lowest BCUT2D eigenvalue weighted by Crippen LogP contribution is -2.39. The normalized spacial score (nSPS) is 11.7. The van der Waals surface area contributed by atoms with Gasteiger partial charge in [0.1, 0.15) is 6.54 Å². The molecule has 34 heavy (non-hydrogen) atoms. The van der Waals surface area contributed by atoms with Crippen LogP contribution in [0.4, 0.5) is 5.69 Å². The molecule has 7 nitrogen and oxygen atoms in total. The molecule has 0 spiro atoms. The van der Waals surface area contributed by atoms with Crippen molar-refractivity contribution in [2.45, 2.75) is 41.5 Å². The van der Waals surface area contributed by atoms with Crippen LogP contribution < -0.4 is 9.73 Å². The molecule has 1 heterocycles. The second-order valence-corrected chi connectivity index (χ2v) is 10.7. The van der Waals surface area contributed by atoms with E-state index in [0.29, 0.717) is 5.69 Å². The molecule has 0 fully saturated rings. The lowest BCUT2D eigenvalue weighted by molar-refractivity contribution is -0.119. The van der Waals surface area contributed by atoms with E-state index >= 15 is 0 Å². The van der Waals surface area contributed by atoms with Crippen LogP contribution in [0.2, 0.25) is 0 Å². The summed E-state index contributed by atoms with van der Waals surface area (Å²) in [6.07, 6.45) is 2.68. The summed E-state index contributed by atoms with van der Waals surface area (Å²) in [5.74, 6) is -0.521. The molecule has 0 saturated heterocycles. The van der Waals surface area contributed by atoms with Gasteiger partial charge in [-0.25, -0.2) is 13.8 Å². The summed E-state index contributed by atoms with van der Waals surface area (Å²) in [5, 5.41) is 4.10. The second kappa shape index (κ2) is 9.85. The van der Waals surface area contributed by atoms with E-state index in [-0.39, 0.29) is 6.54 Å². The highest BCUT2D eigenvalue weighted by Gasteiger charge is 2.23. The number of hydrazone groups is 1. The zero-order chi connectivity index (χ0) is 25.2. The molecule has 0 aliphatic heterocycles. The minimum absolute atomic E-state index is 0.358. The number of benzene rings is 2. The standard InChI is InChI=1S/C26H32N4O3S/c1-17-11-18(2)13-24(12-17)30-21(5)14-23(22(30)6)15-27-28-25(31)16-29(34(7,32)33)26-19(3)9-8-10-20(26)4/h8-15H,16H2,1-7H3,(H,28,31)/b27-15-. The van der Waals surface area contributed by atoms with E-state index in [1.807, 2.05) is 52.0 Å². The molecule has 0 bridgehead atoms. The van der Waals surface area contributed by atoms with Gasteiger partial charge in [0.15, 0.2) is 0 Å². The number of carbonyl (C=O) groups is 1. The number of aryl methyl sites for hydroxylation is 5. The first-order chi connectivity index (χ1) is 15.9. The molecule has 1 amide bonds. The summed E-state index contributed by atoms with van der Waals surface area (Å²) in [6, 6.07) is 13.9. The average Bonchev–Trinajstić information content (AvgIpc) is 2.98. The zero-order valence-corrected chi connectivity index (χ0v) is 21.6. The number of hydrogen-bond donors (Lipinski definition) is 1. The molecule has 2 aromatic carbocycles. The van der Waals surface area contributed by atoms with Crippen molar-refractivity contribution in [2.24, 2.45) is 5.10 Å². The molecule has 0 aliphatic carbocycles. The highest BCUT2D eigenvalue weighted by Crippen LogP contribution is 2.26. The number of nitrogens with zero attached hydrogens (tertiary/aromatic N) is 3. The van der Waals surface area contributed by atoms with Crippen molar-refractivity contribution in [3.63, 3.8) is 0 Å². The number of hydrogen-bond acceptors (Lipinski definition) is 4. The maximum absolute atomic E-state index is 12.6. The van der Waals surface area contributed by atoms with Crippen LogP contribution in [0, 0.1) is 41.5 Å². The molecule has 8 heteroatoms. The Kier molecular flexibility index (Phi) is 7.31. The smallest absolute Gasteiger partial charge is 0.260 e. The van der Waals surface area contributed by atoms with Crippen molar-refractivity contribution in [1.82, 2.24) is 9.99 Å². The Bertz CT molecular complexity index is 1330. The van der Waals surface area contributed by atoms with Gasteiger partial charge < -0.3 is 4.57 Å². The quantitative estimate of drug-likeness (QED) is 0.405. The molecule has 180 valence electrons. The van der Waals surface area contributed by atoms with Crippen molar-refractivity contribution in [1.29, 1.82) is 0 Å². The fourth-order valence-electron chi connectivity index (χ4n) is 4.30. The van der Waals surface area contributed by atoms with Crippen LogP contribution in [0.15, 0.2) is 47.6 Å². The summed E-state index contributed by atoms with van der Waals surface area (Å²) in [6.45, 7) is 11.4. The lowest BCUT2D eigenvalue weighted by Gasteiger charge is -2.25. The van der Waals surface area contributed by atoms with Gasteiger partial charge in [-0.2, -0.15) is 5.10 Å². The van der Waals surface area contributed by atoms with E-state index in [1.54, 1.807) is 6.21 Å². The van der Waals surface area contributed by atoms with Crippen molar-refractivity contribution in [3.8, 4) is 5.69 Å². The van der Waals surface area contributed by atoms with Crippen molar-refractivity contribution < 1.29 is 13.2 Å².